The predicted octanol–water partition coefficient (Wildman–Crippen LogP) is 4.12. The van der Waals surface area contributed by atoms with E-state index in [1.165, 1.54) is 12.1 Å². The van der Waals surface area contributed by atoms with E-state index in [-0.39, 0.29) is 10.9 Å². The molecule has 0 unspecified atom stereocenters. The van der Waals surface area contributed by atoms with Crippen LogP contribution in [0.2, 0.25) is 0 Å². The van der Waals surface area contributed by atoms with Crippen molar-refractivity contribution in [1.29, 1.82) is 0 Å². The number of carbonyl (C=O) groups is 1. The van der Waals surface area contributed by atoms with Crippen LogP contribution in [-0.2, 0) is 10.0 Å². The highest BCUT2D eigenvalue weighted by Crippen LogP contribution is 2.22. The first-order chi connectivity index (χ1) is 12.8. The Balaban J connectivity index is 1.69. The van der Waals surface area contributed by atoms with Crippen LogP contribution >= 0.6 is 0 Å². The van der Waals surface area contributed by atoms with Gasteiger partial charge >= 0.3 is 6.03 Å². The maximum atomic E-state index is 12.6. The zero-order chi connectivity index (χ0) is 19.4. The lowest BCUT2D eigenvalue weighted by Crippen LogP contribution is -2.38. The van der Waals surface area contributed by atoms with Crippen LogP contribution in [0.15, 0.2) is 47.4 Å². The van der Waals surface area contributed by atoms with Gasteiger partial charge in [0, 0.05) is 18.8 Å². The number of nitrogens with zero attached hydrogens (tertiary/aromatic N) is 1. The standard InChI is InChI=1S/C20H25N3O3S/c1-15-6-11-19(16(2)14-15)22-27(25,26)18-9-7-17(8-10-18)21-20(24)23-12-4-3-5-13-23/h6-11,14,22H,3-5,12-13H2,1-2H3,(H,21,24). The van der Waals surface area contributed by atoms with Crippen molar-refractivity contribution in [3.8, 4) is 0 Å². The molecule has 7 heteroatoms. The number of rotatable bonds is 4. The SMILES string of the molecule is Cc1ccc(NS(=O)(=O)c2ccc(NC(=O)N3CCCCC3)cc2)c(C)c1. The first-order valence-electron chi connectivity index (χ1n) is 9.11. The number of likely N-dealkylation sites (tertiary alicyclic amines) is 1. The molecule has 0 aliphatic carbocycles. The van der Waals surface area contributed by atoms with Gasteiger partial charge in [-0.3, -0.25) is 4.72 Å². The number of carbonyl (C=O) groups excluding carboxylic acids is 1. The van der Waals surface area contributed by atoms with Crippen LogP contribution in [0, 0.1) is 13.8 Å². The van der Waals surface area contributed by atoms with Crippen LogP contribution in [0.3, 0.4) is 0 Å². The summed E-state index contributed by atoms with van der Waals surface area (Å²) < 4.78 is 27.8. The smallest absolute Gasteiger partial charge is 0.321 e. The number of amides is 2. The van der Waals surface area contributed by atoms with Gasteiger partial charge in [-0.05, 0) is 69.0 Å². The number of piperidine rings is 1. The molecule has 6 nitrogen and oxygen atoms in total. The molecular weight excluding hydrogens is 362 g/mol. The fraction of sp³-hybridized carbons (Fsp3) is 0.350. The summed E-state index contributed by atoms with van der Waals surface area (Å²) in [6.45, 7) is 5.35. The summed E-state index contributed by atoms with van der Waals surface area (Å²) in [6.07, 6.45) is 3.20. The molecule has 2 N–H and O–H groups in total. The minimum atomic E-state index is -3.69. The van der Waals surface area contributed by atoms with E-state index in [0.29, 0.717) is 11.4 Å². The molecule has 0 radical (unpaired) electrons. The van der Waals surface area contributed by atoms with Gasteiger partial charge in [0.1, 0.15) is 0 Å². The summed E-state index contributed by atoms with van der Waals surface area (Å²) in [5, 5.41) is 2.83. The zero-order valence-corrected chi connectivity index (χ0v) is 16.5. The fourth-order valence-electron chi connectivity index (χ4n) is 3.15. The largest absolute Gasteiger partial charge is 0.325 e. The van der Waals surface area contributed by atoms with Crippen molar-refractivity contribution in [1.82, 2.24) is 4.90 Å². The Morgan fingerprint density at radius 3 is 2.26 bits per heavy atom. The molecule has 0 spiro atoms. The Morgan fingerprint density at radius 2 is 1.63 bits per heavy atom. The summed E-state index contributed by atoms with van der Waals surface area (Å²) in [4.78, 5) is 14.2. The Bertz CT molecular complexity index is 918. The van der Waals surface area contributed by atoms with Crippen molar-refractivity contribution in [2.24, 2.45) is 0 Å². The van der Waals surface area contributed by atoms with Crippen molar-refractivity contribution in [3.05, 3.63) is 53.6 Å². The van der Waals surface area contributed by atoms with Gasteiger partial charge in [-0.2, -0.15) is 0 Å². The average molecular weight is 388 g/mol. The van der Waals surface area contributed by atoms with Crippen molar-refractivity contribution < 1.29 is 13.2 Å². The zero-order valence-electron chi connectivity index (χ0n) is 15.7. The highest BCUT2D eigenvalue weighted by molar-refractivity contribution is 7.92. The molecule has 1 fully saturated rings. The summed E-state index contributed by atoms with van der Waals surface area (Å²) in [7, 11) is -3.69. The summed E-state index contributed by atoms with van der Waals surface area (Å²) >= 11 is 0. The molecule has 1 saturated heterocycles. The lowest BCUT2D eigenvalue weighted by atomic mass is 10.1. The summed E-state index contributed by atoms with van der Waals surface area (Å²) in [6, 6.07) is 11.6. The van der Waals surface area contributed by atoms with Gasteiger partial charge in [0.25, 0.3) is 10.0 Å². The number of nitrogens with one attached hydrogen (secondary N) is 2. The predicted molar refractivity (Wildman–Crippen MR) is 108 cm³/mol. The molecule has 2 amide bonds. The van der Waals surface area contributed by atoms with E-state index in [2.05, 4.69) is 10.0 Å². The molecule has 1 aliphatic rings. The lowest BCUT2D eigenvalue weighted by Gasteiger charge is -2.26. The van der Waals surface area contributed by atoms with E-state index in [1.807, 2.05) is 26.0 Å². The third-order valence-electron chi connectivity index (χ3n) is 4.69. The topological polar surface area (TPSA) is 78.5 Å². The van der Waals surface area contributed by atoms with Gasteiger partial charge in [-0.25, -0.2) is 13.2 Å². The van der Waals surface area contributed by atoms with Gasteiger partial charge < -0.3 is 10.2 Å². The number of aryl methyl sites for hydroxylation is 2. The number of sulfonamides is 1. The van der Waals surface area contributed by atoms with E-state index >= 15 is 0 Å². The molecule has 0 bridgehead atoms. The molecule has 2 aromatic carbocycles. The fourth-order valence-corrected chi connectivity index (χ4v) is 4.28. The van der Waals surface area contributed by atoms with Crippen molar-refractivity contribution in [3.63, 3.8) is 0 Å². The first kappa shape index (κ1) is 19.2. The second-order valence-corrected chi connectivity index (χ2v) is 8.61. The van der Waals surface area contributed by atoms with Crippen LogP contribution in [-0.4, -0.2) is 32.4 Å². The first-order valence-corrected chi connectivity index (χ1v) is 10.6. The van der Waals surface area contributed by atoms with Crippen LogP contribution in [0.1, 0.15) is 30.4 Å². The summed E-state index contributed by atoms with van der Waals surface area (Å²) in [5.74, 6) is 0. The van der Waals surface area contributed by atoms with Crippen LogP contribution in [0.25, 0.3) is 0 Å². The maximum Gasteiger partial charge on any atom is 0.321 e. The van der Waals surface area contributed by atoms with Gasteiger partial charge in [0.2, 0.25) is 0 Å². The molecule has 1 heterocycles. The monoisotopic (exact) mass is 387 g/mol. The second-order valence-electron chi connectivity index (χ2n) is 6.93. The summed E-state index contributed by atoms with van der Waals surface area (Å²) in [5.41, 5.74) is 3.08. The molecule has 144 valence electrons. The Kier molecular flexibility index (Phi) is 5.70. The molecule has 3 rings (SSSR count). The number of benzene rings is 2. The maximum absolute atomic E-state index is 12.6. The van der Waals surface area contributed by atoms with E-state index in [9.17, 15) is 13.2 Å². The molecule has 0 atom stereocenters. The molecular formula is C20H25N3O3S. The normalized spacial score (nSPS) is 14.7. The average Bonchev–Trinajstić information content (AvgIpc) is 2.65. The third kappa shape index (κ3) is 4.80. The second kappa shape index (κ2) is 8.00. The molecule has 2 aromatic rings. The minimum Gasteiger partial charge on any atom is -0.325 e. The number of anilines is 2. The van der Waals surface area contributed by atoms with Crippen molar-refractivity contribution >= 4 is 27.4 Å². The number of hydrogen-bond donors (Lipinski definition) is 2. The Labute approximate surface area is 160 Å². The van der Waals surface area contributed by atoms with E-state index in [1.54, 1.807) is 23.1 Å². The molecule has 0 aromatic heterocycles. The van der Waals surface area contributed by atoms with E-state index in [4.69, 9.17) is 0 Å². The van der Waals surface area contributed by atoms with E-state index < -0.39 is 10.0 Å². The number of urea groups is 1. The van der Waals surface area contributed by atoms with Crippen LogP contribution in [0.4, 0.5) is 16.2 Å². The lowest BCUT2D eigenvalue weighted by molar-refractivity contribution is 0.200. The van der Waals surface area contributed by atoms with Crippen LogP contribution in [0.5, 0.6) is 0 Å². The van der Waals surface area contributed by atoms with Crippen LogP contribution < -0.4 is 10.0 Å². The van der Waals surface area contributed by atoms with Gasteiger partial charge in [-0.1, -0.05) is 17.7 Å². The third-order valence-corrected chi connectivity index (χ3v) is 6.07. The van der Waals surface area contributed by atoms with E-state index in [0.717, 1.165) is 43.5 Å². The molecule has 0 saturated carbocycles. The van der Waals surface area contributed by atoms with Gasteiger partial charge in [-0.15, -0.1) is 0 Å². The van der Waals surface area contributed by atoms with Gasteiger partial charge in [0.05, 0.1) is 10.6 Å². The minimum absolute atomic E-state index is 0.140. The highest BCUT2D eigenvalue weighted by atomic mass is 32.2. The molecule has 1 aliphatic heterocycles. The van der Waals surface area contributed by atoms with Crippen molar-refractivity contribution in [2.75, 3.05) is 23.1 Å². The van der Waals surface area contributed by atoms with Crippen molar-refractivity contribution in [2.45, 2.75) is 38.0 Å². The highest BCUT2D eigenvalue weighted by Gasteiger charge is 2.18. The Hall–Kier alpha value is -2.54. The van der Waals surface area contributed by atoms with Gasteiger partial charge in [0.15, 0.2) is 0 Å². The quantitative estimate of drug-likeness (QED) is 0.828. The number of hydrogen-bond acceptors (Lipinski definition) is 3. The molecule has 27 heavy (non-hydrogen) atoms. The Morgan fingerprint density at radius 1 is 0.963 bits per heavy atom.